The first-order valence-electron chi connectivity index (χ1n) is 3.07. The Bertz CT molecular complexity index is 193. The van der Waals surface area contributed by atoms with Crippen LogP contribution in [-0.4, -0.2) is 17.9 Å². The zero-order valence-electron chi connectivity index (χ0n) is 5.66. The summed E-state index contributed by atoms with van der Waals surface area (Å²) in [6, 6.07) is 0. The lowest BCUT2D eigenvalue weighted by atomic mass is 10.3. The molecule has 0 bridgehead atoms. The largest absolute Gasteiger partial charge is 0.450 e. The van der Waals surface area contributed by atoms with Crippen molar-refractivity contribution in [1.82, 2.24) is 0 Å². The molecule has 3 nitrogen and oxygen atoms in total. The molecule has 0 aromatic rings. The molecule has 0 aromatic heterocycles. The molecular weight excluding hydrogens is 132 g/mol. The quantitative estimate of drug-likeness (QED) is 0.392. The fraction of sp³-hybridized carbons (Fsp3) is 0.429. The van der Waals surface area contributed by atoms with Gasteiger partial charge in [-0.15, -0.1) is 0 Å². The van der Waals surface area contributed by atoms with Crippen LogP contribution in [-0.2, 0) is 14.3 Å². The van der Waals surface area contributed by atoms with Gasteiger partial charge >= 0.3 is 5.97 Å². The normalized spacial score (nSPS) is 23.3. The van der Waals surface area contributed by atoms with Crippen molar-refractivity contribution in [2.75, 3.05) is 0 Å². The van der Waals surface area contributed by atoms with Crippen molar-refractivity contribution in [2.24, 2.45) is 0 Å². The molecule has 1 aliphatic rings. The zero-order valence-corrected chi connectivity index (χ0v) is 5.66. The molecule has 1 atom stereocenters. The number of esters is 1. The first kappa shape index (κ1) is 6.99. The fourth-order valence-corrected chi connectivity index (χ4v) is 0.815. The van der Waals surface area contributed by atoms with Gasteiger partial charge < -0.3 is 4.74 Å². The standard InChI is InChI=1S/C7H8O3/c1-5(8)10-7-4-2-3-6(7)9/h2,4,7H,3H2,1H3. The predicted molar refractivity (Wildman–Crippen MR) is 34.3 cm³/mol. The van der Waals surface area contributed by atoms with Crippen LogP contribution in [0.1, 0.15) is 13.3 Å². The molecule has 10 heavy (non-hydrogen) atoms. The van der Waals surface area contributed by atoms with Crippen molar-refractivity contribution < 1.29 is 14.3 Å². The molecule has 0 radical (unpaired) electrons. The minimum absolute atomic E-state index is 0.0461. The number of hydrogen-bond acceptors (Lipinski definition) is 3. The second kappa shape index (κ2) is 2.64. The lowest BCUT2D eigenvalue weighted by molar-refractivity contribution is -0.149. The van der Waals surface area contributed by atoms with E-state index in [0.29, 0.717) is 6.42 Å². The number of carbonyl (C=O) groups excluding carboxylic acids is 2. The minimum Gasteiger partial charge on any atom is -0.450 e. The van der Waals surface area contributed by atoms with E-state index in [2.05, 4.69) is 4.74 Å². The monoisotopic (exact) mass is 140 g/mol. The van der Waals surface area contributed by atoms with Gasteiger partial charge in [-0.3, -0.25) is 9.59 Å². The Hall–Kier alpha value is -1.12. The molecule has 54 valence electrons. The van der Waals surface area contributed by atoms with Crippen LogP contribution in [0.15, 0.2) is 12.2 Å². The number of carbonyl (C=O) groups is 2. The van der Waals surface area contributed by atoms with Gasteiger partial charge in [0.1, 0.15) is 0 Å². The summed E-state index contributed by atoms with van der Waals surface area (Å²) in [5, 5.41) is 0. The highest BCUT2D eigenvalue weighted by Crippen LogP contribution is 2.08. The number of hydrogen-bond donors (Lipinski definition) is 0. The summed E-state index contributed by atoms with van der Waals surface area (Å²) >= 11 is 0. The van der Waals surface area contributed by atoms with Gasteiger partial charge in [-0.1, -0.05) is 6.08 Å². The van der Waals surface area contributed by atoms with Crippen molar-refractivity contribution in [2.45, 2.75) is 19.4 Å². The summed E-state index contributed by atoms with van der Waals surface area (Å²) in [4.78, 5) is 21.1. The molecule has 1 unspecified atom stereocenters. The summed E-state index contributed by atoms with van der Waals surface area (Å²) in [5.41, 5.74) is 0. The van der Waals surface area contributed by atoms with Crippen LogP contribution in [0.2, 0.25) is 0 Å². The molecule has 1 aliphatic carbocycles. The zero-order chi connectivity index (χ0) is 7.56. The SMILES string of the molecule is CC(=O)OC1C=CCC1=O. The molecule has 0 aliphatic heterocycles. The van der Waals surface area contributed by atoms with E-state index in [9.17, 15) is 9.59 Å². The smallest absolute Gasteiger partial charge is 0.303 e. The van der Waals surface area contributed by atoms with Crippen molar-refractivity contribution in [1.29, 1.82) is 0 Å². The summed E-state index contributed by atoms with van der Waals surface area (Å²) in [6.45, 7) is 1.29. The fourth-order valence-electron chi connectivity index (χ4n) is 0.815. The first-order chi connectivity index (χ1) is 4.70. The van der Waals surface area contributed by atoms with Gasteiger partial charge in [-0.2, -0.15) is 0 Å². The van der Waals surface area contributed by atoms with E-state index in [0.717, 1.165) is 0 Å². The molecule has 0 saturated heterocycles. The van der Waals surface area contributed by atoms with E-state index >= 15 is 0 Å². The maximum absolute atomic E-state index is 10.8. The van der Waals surface area contributed by atoms with Crippen molar-refractivity contribution in [3.63, 3.8) is 0 Å². The highest BCUT2D eigenvalue weighted by atomic mass is 16.5. The molecule has 0 heterocycles. The Balaban J connectivity index is 2.48. The van der Waals surface area contributed by atoms with Crippen molar-refractivity contribution in [3.8, 4) is 0 Å². The van der Waals surface area contributed by atoms with Gasteiger partial charge in [0.2, 0.25) is 0 Å². The van der Waals surface area contributed by atoms with Gasteiger partial charge in [0.05, 0.1) is 0 Å². The second-order valence-corrected chi connectivity index (χ2v) is 2.13. The Morgan fingerprint density at radius 1 is 1.80 bits per heavy atom. The molecule has 0 saturated carbocycles. The molecule has 1 rings (SSSR count). The van der Waals surface area contributed by atoms with E-state index < -0.39 is 12.1 Å². The topological polar surface area (TPSA) is 43.4 Å². The molecular formula is C7H8O3. The molecule has 0 amide bonds. The van der Waals surface area contributed by atoms with Crippen molar-refractivity contribution >= 4 is 11.8 Å². The highest BCUT2D eigenvalue weighted by Gasteiger charge is 2.21. The van der Waals surface area contributed by atoms with E-state index in [-0.39, 0.29) is 5.78 Å². The van der Waals surface area contributed by atoms with E-state index in [1.807, 2.05) is 0 Å². The highest BCUT2D eigenvalue weighted by molar-refractivity contribution is 5.90. The summed E-state index contributed by atoms with van der Waals surface area (Å²) < 4.78 is 4.65. The number of allylic oxidation sites excluding steroid dienone is 1. The van der Waals surface area contributed by atoms with Crippen LogP contribution in [0.5, 0.6) is 0 Å². The first-order valence-corrected chi connectivity index (χ1v) is 3.07. The van der Waals surface area contributed by atoms with Gasteiger partial charge in [0.25, 0.3) is 0 Å². The maximum Gasteiger partial charge on any atom is 0.303 e. The summed E-state index contributed by atoms with van der Waals surface area (Å²) in [5.74, 6) is -0.458. The molecule has 0 spiro atoms. The van der Waals surface area contributed by atoms with E-state index in [4.69, 9.17) is 0 Å². The van der Waals surface area contributed by atoms with Gasteiger partial charge in [-0.05, 0) is 6.08 Å². The van der Waals surface area contributed by atoms with Crippen LogP contribution < -0.4 is 0 Å². The van der Waals surface area contributed by atoms with Crippen molar-refractivity contribution in [3.05, 3.63) is 12.2 Å². The lowest BCUT2D eigenvalue weighted by Crippen LogP contribution is -2.19. The Morgan fingerprint density at radius 2 is 2.50 bits per heavy atom. The second-order valence-electron chi connectivity index (χ2n) is 2.13. The van der Waals surface area contributed by atoms with E-state index in [1.165, 1.54) is 6.92 Å². The molecule has 0 aromatic carbocycles. The average molecular weight is 140 g/mol. The van der Waals surface area contributed by atoms with Crippen LogP contribution >= 0.6 is 0 Å². The predicted octanol–water partition coefficient (Wildman–Crippen LogP) is 0.447. The third-order valence-corrected chi connectivity index (χ3v) is 1.24. The maximum atomic E-state index is 10.8. The van der Waals surface area contributed by atoms with Crippen LogP contribution in [0.3, 0.4) is 0 Å². The number of Topliss-reactive ketones (excluding diaryl/α,β-unsaturated/α-hetero) is 1. The van der Waals surface area contributed by atoms with Crippen LogP contribution in [0.25, 0.3) is 0 Å². The third-order valence-electron chi connectivity index (χ3n) is 1.24. The Labute approximate surface area is 58.7 Å². The van der Waals surface area contributed by atoms with Gasteiger partial charge in [-0.25, -0.2) is 0 Å². The van der Waals surface area contributed by atoms with E-state index in [1.54, 1.807) is 12.2 Å². The number of ketones is 1. The number of rotatable bonds is 1. The molecule has 3 heteroatoms. The summed E-state index contributed by atoms with van der Waals surface area (Å²) in [7, 11) is 0. The average Bonchev–Trinajstić information content (AvgIpc) is 2.15. The van der Waals surface area contributed by atoms with Gasteiger partial charge in [0.15, 0.2) is 11.9 Å². The Morgan fingerprint density at radius 3 is 2.90 bits per heavy atom. The van der Waals surface area contributed by atoms with Gasteiger partial charge in [0, 0.05) is 13.3 Å². The van der Waals surface area contributed by atoms with Crippen LogP contribution in [0, 0.1) is 0 Å². The minimum atomic E-state index is -0.613. The Kier molecular flexibility index (Phi) is 1.85. The lowest BCUT2D eigenvalue weighted by Gasteiger charge is -2.04. The summed E-state index contributed by atoms with van der Waals surface area (Å²) in [6.07, 6.45) is 3.08. The van der Waals surface area contributed by atoms with Crippen LogP contribution in [0.4, 0.5) is 0 Å². The number of ether oxygens (including phenoxy) is 1. The third kappa shape index (κ3) is 1.43. The molecule has 0 N–H and O–H groups in total. The molecule has 0 fully saturated rings.